The lowest BCUT2D eigenvalue weighted by Gasteiger charge is -2.42. The Balaban J connectivity index is 1.75. The Morgan fingerprint density at radius 3 is 2.53 bits per heavy atom. The average Bonchev–Trinajstić information content (AvgIpc) is 2.72. The SMILES string of the molecule is C=C/C(Br)=C(/N=C)N(C)/C(=C\Cc1ccccc1C)NC1CCN(C2CCC2)CC1. The molecule has 1 heterocycles. The second-order valence-corrected chi connectivity index (χ2v) is 9.21. The molecule has 0 bridgehead atoms. The maximum atomic E-state index is 4.25. The third kappa shape index (κ3) is 5.64. The van der Waals surface area contributed by atoms with Gasteiger partial charge in [0.1, 0.15) is 11.6 Å². The molecular weight excluding hydrogens is 436 g/mol. The molecule has 162 valence electrons. The van der Waals surface area contributed by atoms with Crippen molar-refractivity contribution in [3.8, 4) is 0 Å². The first-order chi connectivity index (χ1) is 14.5. The minimum atomic E-state index is 0.473. The van der Waals surface area contributed by atoms with Gasteiger partial charge in [0.25, 0.3) is 0 Å². The molecule has 3 rings (SSSR count). The van der Waals surface area contributed by atoms with Crippen molar-refractivity contribution in [2.24, 2.45) is 4.99 Å². The molecular formula is C25H35BrN4. The Kier molecular flexibility index (Phi) is 8.34. The first kappa shape index (κ1) is 22.8. The summed E-state index contributed by atoms with van der Waals surface area (Å²) in [6.07, 6.45) is 11.4. The van der Waals surface area contributed by atoms with Crippen LogP contribution in [0.3, 0.4) is 0 Å². The number of allylic oxidation sites excluding steroid dienone is 3. The number of halogens is 1. The van der Waals surface area contributed by atoms with Gasteiger partial charge >= 0.3 is 0 Å². The molecule has 5 heteroatoms. The average molecular weight is 471 g/mol. The molecule has 2 fully saturated rings. The van der Waals surface area contributed by atoms with Crippen LogP contribution < -0.4 is 5.32 Å². The van der Waals surface area contributed by atoms with Crippen LogP contribution >= 0.6 is 15.9 Å². The van der Waals surface area contributed by atoms with Gasteiger partial charge in [0, 0.05) is 32.2 Å². The summed E-state index contributed by atoms with van der Waals surface area (Å²) in [6, 6.07) is 9.87. The quantitative estimate of drug-likeness (QED) is 0.388. The Labute approximate surface area is 190 Å². The summed E-state index contributed by atoms with van der Waals surface area (Å²) in [4.78, 5) is 9.01. The van der Waals surface area contributed by atoms with Crippen molar-refractivity contribution in [2.45, 2.75) is 57.5 Å². The molecule has 1 aliphatic heterocycles. The largest absolute Gasteiger partial charge is 0.369 e. The van der Waals surface area contributed by atoms with Crippen LogP contribution in [0, 0.1) is 6.92 Å². The summed E-state index contributed by atoms with van der Waals surface area (Å²) >= 11 is 3.57. The molecule has 1 saturated heterocycles. The third-order valence-corrected chi connectivity index (χ3v) is 7.15. The highest BCUT2D eigenvalue weighted by atomic mass is 79.9. The fourth-order valence-electron chi connectivity index (χ4n) is 4.26. The molecule has 30 heavy (non-hydrogen) atoms. The van der Waals surface area contributed by atoms with Crippen molar-refractivity contribution in [3.63, 3.8) is 0 Å². The van der Waals surface area contributed by atoms with Crippen LogP contribution in [0.4, 0.5) is 0 Å². The van der Waals surface area contributed by atoms with Crippen LogP contribution in [-0.4, -0.2) is 48.7 Å². The number of nitrogens with zero attached hydrogens (tertiary/aromatic N) is 3. The Bertz CT molecular complexity index is 801. The van der Waals surface area contributed by atoms with E-state index in [-0.39, 0.29) is 0 Å². The van der Waals surface area contributed by atoms with E-state index in [9.17, 15) is 0 Å². The number of piperidine rings is 1. The maximum Gasteiger partial charge on any atom is 0.147 e. The molecule has 1 aromatic carbocycles. The van der Waals surface area contributed by atoms with Gasteiger partial charge in [-0.3, -0.25) is 0 Å². The monoisotopic (exact) mass is 470 g/mol. The molecule has 1 saturated carbocycles. The van der Waals surface area contributed by atoms with E-state index in [2.05, 4.69) is 86.6 Å². The smallest absolute Gasteiger partial charge is 0.147 e. The second kappa shape index (κ2) is 11.0. The summed E-state index contributed by atoms with van der Waals surface area (Å²) in [5.74, 6) is 1.84. The van der Waals surface area contributed by atoms with E-state index in [1.54, 1.807) is 6.08 Å². The Morgan fingerprint density at radius 2 is 1.97 bits per heavy atom. The fourth-order valence-corrected chi connectivity index (χ4v) is 4.65. The highest BCUT2D eigenvalue weighted by Crippen LogP contribution is 2.28. The van der Waals surface area contributed by atoms with E-state index in [4.69, 9.17) is 0 Å². The lowest BCUT2D eigenvalue weighted by Crippen LogP contribution is -2.49. The van der Waals surface area contributed by atoms with Gasteiger partial charge in [-0.15, -0.1) is 0 Å². The highest BCUT2D eigenvalue weighted by Gasteiger charge is 2.29. The number of nitrogens with one attached hydrogen (secondary N) is 1. The number of rotatable bonds is 9. The van der Waals surface area contributed by atoms with E-state index in [0.717, 1.165) is 28.6 Å². The van der Waals surface area contributed by atoms with Crippen LogP contribution in [-0.2, 0) is 6.42 Å². The van der Waals surface area contributed by atoms with Gasteiger partial charge in [-0.2, -0.15) is 0 Å². The van der Waals surface area contributed by atoms with Crippen molar-refractivity contribution in [3.05, 3.63) is 70.2 Å². The first-order valence-corrected chi connectivity index (χ1v) is 11.8. The zero-order valence-electron chi connectivity index (χ0n) is 18.4. The van der Waals surface area contributed by atoms with E-state index in [1.807, 2.05) is 7.05 Å². The van der Waals surface area contributed by atoms with E-state index >= 15 is 0 Å². The molecule has 1 aliphatic carbocycles. The molecule has 4 nitrogen and oxygen atoms in total. The number of likely N-dealkylation sites (tertiary alicyclic amines) is 1. The molecule has 2 aliphatic rings. The molecule has 1 N–H and O–H groups in total. The van der Waals surface area contributed by atoms with Crippen LogP contribution in [0.5, 0.6) is 0 Å². The van der Waals surface area contributed by atoms with Gasteiger partial charge in [0.2, 0.25) is 0 Å². The zero-order valence-corrected chi connectivity index (χ0v) is 20.0. The van der Waals surface area contributed by atoms with Gasteiger partial charge < -0.3 is 15.1 Å². The minimum Gasteiger partial charge on any atom is -0.369 e. The van der Waals surface area contributed by atoms with Crippen molar-refractivity contribution in [1.29, 1.82) is 0 Å². The summed E-state index contributed by atoms with van der Waals surface area (Å²) < 4.78 is 0.836. The van der Waals surface area contributed by atoms with Crippen LogP contribution in [0.1, 0.15) is 43.2 Å². The van der Waals surface area contributed by atoms with E-state index < -0.39 is 0 Å². The Morgan fingerprint density at radius 1 is 1.27 bits per heavy atom. The van der Waals surface area contributed by atoms with Crippen molar-refractivity contribution >= 4 is 22.6 Å². The summed E-state index contributed by atoms with van der Waals surface area (Å²) in [6.45, 7) is 12.2. The normalized spacial score (nSPS) is 19.6. The predicted molar refractivity (Wildman–Crippen MR) is 132 cm³/mol. The molecule has 0 spiro atoms. The summed E-state index contributed by atoms with van der Waals surface area (Å²) in [7, 11) is 2.04. The maximum absolute atomic E-state index is 4.25. The van der Waals surface area contributed by atoms with Gasteiger partial charge in [0.15, 0.2) is 0 Å². The Hall–Kier alpha value is -1.85. The first-order valence-electron chi connectivity index (χ1n) is 11.0. The fraction of sp³-hybridized carbons (Fsp3) is 0.480. The predicted octanol–water partition coefficient (Wildman–Crippen LogP) is 5.37. The van der Waals surface area contributed by atoms with Crippen molar-refractivity contribution in [1.82, 2.24) is 15.1 Å². The van der Waals surface area contributed by atoms with E-state index in [0.29, 0.717) is 6.04 Å². The number of hydrogen-bond acceptors (Lipinski definition) is 4. The molecule has 0 unspecified atom stereocenters. The van der Waals surface area contributed by atoms with Crippen LogP contribution in [0.15, 0.2) is 64.1 Å². The topological polar surface area (TPSA) is 30.9 Å². The molecule has 1 aromatic rings. The summed E-state index contributed by atoms with van der Waals surface area (Å²) in [5.41, 5.74) is 2.65. The minimum absolute atomic E-state index is 0.473. The van der Waals surface area contributed by atoms with Gasteiger partial charge in [0.05, 0.1) is 4.48 Å². The van der Waals surface area contributed by atoms with Gasteiger partial charge in [-0.25, -0.2) is 4.99 Å². The molecule has 0 atom stereocenters. The van der Waals surface area contributed by atoms with Crippen LogP contribution in [0.25, 0.3) is 0 Å². The third-order valence-electron chi connectivity index (χ3n) is 6.47. The number of hydrogen-bond donors (Lipinski definition) is 1. The lowest BCUT2D eigenvalue weighted by atomic mass is 9.89. The van der Waals surface area contributed by atoms with Crippen molar-refractivity contribution < 1.29 is 0 Å². The number of benzene rings is 1. The van der Waals surface area contributed by atoms with Crippen LogP contribution in [0.2, 0.25) is 0 Å². The van der Waals surface area contributed by atoms with Gasteiger partial charge in [-0.1, -0.05) is 43.3 Å². The second-order valence-electron chi connectivity index (χ2n) is 8.35. The van der Waals surface area contributed by atoms with Gasteiger partial charge in [-0.05, 0) is 78.9 Å². The lowest BCUT2D eigenvalue weighted by molar-refractivity contribution is 0.0929. The highest BCUT2D eigenvalue weighted by molar-refractivity contribution is 9.11. The molecule has 0 radical (unpaired) electrons. The molecule has 0 amide bonds. The summed E-state index contributed by atoms with van der Waals surface area (Å²) in [5, 5.41) is 3.82. The molecule has 0 aromatic heterocycles. The van der Waals surface area contributed by atoms with Crippen molar-refractivity contribution in [2.75, 3.05) is 20.1 Å². The standard InChI is InChI=1S/C25H35BrN4/c1-5-23(26)25(27-3)29(4)24(14-13-20-10-7-6-9-19(20)2)28-21-15-17-30(18-16-21)22-11-8-12-22/h5-7,9-10,14,21-22,28H,1,3,8,11-13,15-18H2,2,4H3/b24-14-,25-23+. The number of aliphatic imine (C=N–C) groups is 1. The number of aryl methyl sites for hydroxylation is 1. The zero-order chi connectivity index (χ0) is 21.5. The van der Waals surface area contributed by atoms with E-state index in [1.165, 1.54) is 56.3 Å².